The summed E-state index contributed by atoms with van der Waals surface area (Å²) in [6.07, 6.45) is 4.31. The Kier molecular flexibility index (Phi) is 4.05. The Morgan fingerprint density at radius 3 is 2.68 bits per heavy atom. The van der Waals surface area contributed by atoms with Crippen molar-refractivity contribution in [1.29, 1.82) is 0 Å². The van der Waals surface area contributed by atoms with E-state index in [9.17, 15) is 4.79 Å². The van der Waals surface area contributed by atoms with Crippen LogP contribution in [0.15, 0.2) is 42.7 Å². The maximum atomic E-state index is 12.9. The summed E-state index contributed by atoms with van der Waals surface area (Å²) in [5.41, 5.74) is 2.21. The molecular weight excluding hydrogens is 316 g/mol. The number of aromatic nitrogens is 4. The third-order valence-corrected chi connectivity index (χ3v) is 4.55. The number of carbonyl (C=O) groups excluding carboxylic acids is 1. The molecule has 25 heavy (non-hydrogen) atoms. The first-order chi connectivity index (χ1) is 12.3. The van der Waals surface area contributed by atoms with Crippen molar-refractivity contribution in [3.05, 3.63) is 54.1 Å². The van der Waals surface area contributed by atoms with E-state index in [0.29, 0.717) is 18.8 Å². The molecule has 7 nitrogen and oxygen atoms in total. The van der Waals surface area contributed by atoms with Crippen LogP contribution in [-0.2, 0) is 6.42 Å². The van der Waals surface area contributed by atoms with Gasteiger partial charge in [-0.3, -0.25) is 4.79 Å². The molecular formula is C18H20N6O. The molecule has 4 heterocycles. The average molecular weight is 336 g/mol. The number of pyridine rings is 1. The molecule has 0 atom stereocenters. The van der Waals surface area contributed by atoms with Crippen molar-refractivity contribution in [2.24, 2.45) is 0 Å². The van der Waals surface area contributed by atoms with Gasteiger partial charge in [-0.15, -0.1) is 0 Å². The number of nitrogens with zero attached hydrogens (tertiary/aromatic N) is 6. The Morgan fingerprint density at radius 1 is 1.12 bits per heavy atom. The lowest BCUT2D eigenvalue weighted by Crippen LogP contribution is -2.49. The van der Waals surface area contributed by atoms with Crippen LogP contribution in [0.1, 0.15) is 23.1 Å². The van der Waals surface area contributed by atoms with E-state index in [-0.39, 0.29) is 5.91 Å². The zero-order valence-corrected chi connectivity index (χ0v) is 14.2. The van der Waals surface area contributed by atoms with Gasteiger partial charge in [0, 0.05) is 44.1 Å². The molecule has 128 valence electrons. The second-order valence-electron chi connectivity index (χ2n) is 6.05. The van der Waals surface area contributed by atoms with Gasteiger partial charge in [-0.05, 0) is 24.6 Å². The summed E-state index contributed by atoms with van der Waals surface area (Å²) in [5.74, 6) is 0.945. The molecule has 3 aromatic heterocycles. The summed E-state index contributed by atoms with van der Waals surface area (Å²) in [6, 6.07) is 9.58. The van der Waals surface area contributed by atoms with E-state index >= 15 is 0 Å². The standard InChI is InChI=1S/C18H20N6O/c1-2-14-13-15(21-17-6-8-20-24(14)17)18(25)23-11-9-22(10-12-23)16-5-3-4-7-19-16/h3-8,13H,2,9-12H2,1H3. The molecule has 1 amide bonds. The SMILES string of the molecule is CCc1cc(C(=O)N2CCN(c3ccccn3)CC2)nc2ccnn12. The molecule has 1 aliphatic rings. The third kappa shape index (κ3) is 2.93. The van der Waals surface area contributed by atoms with Crippen LogP contribution in [0.4, 0.5) is 5.82 Å². The molecule has 0 spiro atoms. The van der Waals surface area contributed by atoms with Gasteiger partial charge in [0.25, 0.3) is 5.91 Å². The van der Waals surface area contributed by atoms with Crippen LogP contribution in [0.25, 0.3) is 5.65 Å². The van der Waals surface area contributed by atoms with E-state index in [1.807, 2.05) is 35.2 Å². The van der Waals surface area contributed by atoms with E-state index in [0.717, 1.165) is 36.7 Å². The summed E-state index contributed by atoms with van der Waals surface area (Å²) in [6.45, 7) is 4.94. The van der Waals surface area contributed by atoms with Crippen LogP contribution in [0.3, 0.4) is 0 Å². The molecule has 0 saturated carbocycles. The van der Waals surface area contributed by atoms with Crippen molar-refractivity contribution >= 4 is 17.4 Å². The largest absolute Gasteiger partial charge is 0.353 e. The monoisotopic (exact) mass is 336 g/mol. The summed E-state index contributed by atoms with van der Waals surface area (Å²) in [7, 11) is 0. The zero-order valence-electron chi connectivity index (χ0n) is 14.2. The van der Waals surface area contributed by atoms with Crippen molar-refractivity contribution in [2.75, 3.05) is 31.1 Å². The molecule has 0 aromatic carbocycles. The molecule has 1 aliphatic heterocycles. The molecule has 1 saturated heterocycles. The van der Waals surface area contributed by atoms with Crippen LogP contribution in [0.2, 0.25) is 0 Å². The van der Waals surface area contributed by atoms with Crippen molar-refractivity contribution in [1.82, 2.24) is 24.5 Å². The Balaban J connectivity index is 1.51. The smallest absolute Gasteiger partial charge is 0.272 e. The fourth-order valence-electron chi connectivity index (χ4n) is 3.18. The van der Waals surface area contributed by atoms with Gasteiger partial charge in [-0.25, -0.2) is 14.5 Å². The van der Waals surface area contributed by atoms with Gasteiger partial charge in [0.1, 0.15) is 11.5 Å². The predicted octanol–water partition coefficient (Wildman–Crippen LogP) is 1.65. The maximum Gasteiger partial charge on any atom is 0.272 e. The van der Waals surface area contributed by atoms with Gasteiger partial charge in [-0.2, -0.15) is 5.10 Å². The number of aryl methyl sites for hydroxylation is 1. The number of anilines is 1. The topological polar surface area (TPSA) is 66.6 Å². The third-order valence-electron chi connectivity index (χ3n) is 4.55. The van der Waals surface area contributed by atoms with Gasteiger partial charge in [0.05, 0.1) is 6.20 Å². The Bertz CT molecular complexity index is 883. The highest BCUT2D eigenvalue weighted by Crippen LogP contribution is 2.15. The maximum absolute atomic E-state index is 12.9. The minimum absolute atomic E-state index is 0.0147. The van der Waals surface area contributed by atoms with Crippen LogP contribution in [0.5, 0.6) is 0 Å². The quantitative estimate of drug-likeness (QED) is 0.727. The van der Waals surface area contributed by atoms with E-state index in [1.54, 1.807) is 16.9 Å². The second kappa shape index (κ2) is 6.51. The van der Waals surface area contributed by atoms with Gasteiger partial charge in [-0.1, -0.05) is 13.0 Å². The molecule has 7 heteroatoms. The fourth-order valence-corrected chi connectivity index (χ4v) is 3.18. The van der Waals surface area contributed by atoms with Gasteiger partial charge in [0.2, 0.25) is 0 Å². The number of carbonyl (C=O) groups is 1. The molecule has 3 aromatic rings. The molecule has 0 unspecified atom stereocenters. The number of piperazine rings is 1. The van der Waals surface area contributed by atoms with Crippen LogP contribution < -0.4 is 4.90 Å². The normalized spacial score (nSPS) is 14.9. The van der Waals surface area contributed by atoms with E-state index in [4.69, 9.17) is 0 Å². The number of fused-ring (bicyclic) bond motifs is 1. The zero-order chi connectivity index (χ0) is 17.2. The molecule has 4 rings (SSSR count). The van der Waals surface area contributed by atoms with Gasteiger partial charge < -0.3 is 9.80 Å². The fraction of sp³-hybridized carbons (Fsp3) is 0.333. The highest BCUT2D eigenvalue weighted by molar-refractivity contribution is 5.93. The summed E-state index contributed by atoms with van der Waals surface area (Å²) in [5, 5.41) is 4.26. The Morgan fingerprint density at radius 2 is 1.96 bits per heavy atom. The number of amides is 1. The summed E-state index contributed by atoms with van der Waals surface area (Å²) in [4.78, 5) is 25.8. The molecule has 0 aliphatic carbocycles. The second-order valence-corrected chi connectivity index (χ2v) is 6.05. The lowest BCUT2D eigenvalue weighted by atomic mass is 10.2. The van der Waals surface area contributed by atoms with Crippen molar-refractivity contribution in [3.8, 4) is 0 Å². The van der Waals surface area contributed by atoms with E-state index in [2.05, 4.69) is 26.9 Å². The predicted molar refractivity (Wildman–Crippen MR) is 94.7 cm³/mol. The van der Waals surface area contributed by atoms with Crippen molar-refractivity contribution < 1.29 is 4.79 Å². The first-order valence-corrected chi connectivity index (χ1v) is 8.55. The highest BCUT2D eigenvalue weighted by atomic mass is 16.2. The Hall–Kier alpha value is -2.96. The van der Waals surface area contributed by atoms with Gasteiger partial charge >= 0.3 is 0 Å². The van der Waals surface area contributed by atoms with Crippen molar-refractivity contribution in [3.63, 3.8) is 0 Å². The first-order valence-electron chi connectivity index (χ1n) is 8.55. The van der Waals surface area contributed by atoms with Crippen molar-refractivity contribution in [2.45, 2.75) is 13.3 Å². The minimum atomic E-state index is -0.0147. The van der Waals surface area contributed by atoms with Crippen LogP contribution in [0, 0.1) is 0 Å². The lowest BCUT2D eigenvalue weighted by molar-refractivity contribution is 0.0740. The first kappa shape index (κ1) is 15.6. The summed E-state index contributed by atoms with van der Waals surface area (Å²) >= 11 is 0. The number of hydrogen-bond donors (Lipinski definition) is 0. The average Bonchev–Trinajstić information content (AvgIpc) is 3.16. The molecule has 1 fully saturated rings. The van der Waals surface area contributed by atoms with Crippen LogP contribution in [-0.4, -0.2) is 56.6 Å². The number of hydrogen-bond acceptors (Lipinski definition) is 5. The Labute approximate surface area is 145 Å². The minimum Gasteiger partial charge on any atom is -0.353 e. The van der Waals surface area contributed by atoms with E-state index in [1.165, 1.54) is 0 Å². The van der Waals surface area contributed by atoms with Crippen LogP contribution >= 0.6 is 0 Å². The molecule has 0 N–H and O–H groups in total. The molecule has 0 bridgehead atoms. The number of rotatable bonds is 3. The van der Waals surface area contributed by atoms with Gasteiger partial charge in [0.15, 0.2) is 5.65 Å². The van der Waals surface area contributed by atoms with E-state index < -0.39 is 0 Å². The highest BCUT2D eigenvalue weighted by Gasteiger charge is 2.24. The summed E-state index contributed by atoms with van der Waals surface area (Å²) < 4.78 is 1.79. The lowest BCUT2D eigenvalue weighted by Gasteiger charge is -2.35. The molecule has 0 radical (unpaired) electrons.